The molecule has 0 radical (unpaired) electrons. The Balaban J connectivity index is 0.00000338. The molecule has 0 fully saturated rings. The monoisotopic (exact) mass is 396 g/mol. The smallest absolute Gasteiger partial charge is 0.226 e. The zero-order chi connectivity index (χ0) is 18.1. The van der Waals surface area contributed by atoms with Gasteiger partial charge in [-0.1, -0.05) is 42.5 Å². The zero-order valence-electron chi connectivity index (χ0n) is 14.7. The second kappa shape index (κ2) is 11.8. The number of rotatable bonds is 9. The summed E-state index contributed by atoms with van der Waals surface area (Å²) in [5.74, 6) is 0.796. The third-order valence-electron chi connectivity index (χ3n) is 3.69. The van der Waals surface area contributed by atoms with E-state index in [-0.39, 0.29) is 30.8 Å². The number of amides is 1. The minimum Gasteiger partial charge on any atom is -0.384 e. The van der Waals surface area contributed by atoms with Gasteiger partial charge in [0.2, 0.25) is 5.91 Å². The summed E-state index contributed by atoms with van der Waals surface area (Å²) in [4.78, 5) is 12.2. The molecule has 0 saturated carbocycles. The van der Waals surface area contributed by atoms with Gasteiger partial charge in [0, 0.05) is 47.6 Å². The Morgan fingerprint density at radius 3 is 2.62 bits per heavy atom. The van der Waals surface area contributed by atoms with E-state index in [4.69, 9.17) is 10.5 Å². The predicted octanol–water partition coefficient (Wildman–Crippen LogP) is 3.03. The van der Waals surface area contributed by atoms with E-state index in [1.165, 1.54) is 0 Å². The normalized spacial score (nSPS) is 12.7. The zero-order valence-corrected chi connectivity index (χ0v) is 16.4. The van der Waals surface area contributed by atoms with Gasteiger partial charge in [0.05, 0.1) is 6.61 Å². The number of halogens is 1. The Labute approximate surface area is 163 Å². The minimum absolute atomic E-state index is 0. The Morgan fingerprint density at radius 1 is 1.19 bits per heavy atom. The summed E-state index contributed by atoms with van der Waals surface area (Å²) >= 11 is 0. The molecule has 2 aromatic rings. The Kier molecular flexibility index (Phi) is 10.1. The van der Waals surface area contributed by atoms with Gasteiger partial charge in [-0.3, -0.25) is 9.00 Å². The molecule has 0 aromatic heterocycles. The standard InChI is InChI=1S/C19H24N2O3S.ClH/c1-24-10-11-25(23)14-15-6-5-9-17(12-15)21-19(22)13-18(20)16-7-3-2-4-8-16;/h2-9,12,18H,10-11,13-14,20H2,1H3,(H,21,22);1H. The van der Waals surface area contributed by atoms with Crippen LogP contribution < -0.4 is 11.1 Å². The number of nitrogens with two attached hydrogens (primary N) is 1. The van der Waals surface area contributed by atoms with Crippen LogP contribution in [0.3, 0.4) is 0 Å². The highest BCUT2D eigenvalue weighted by Crippen LogP contribution is 2.16. The average molecular weight is 397 g/mol. The molecule has 0 spiro atoms. The van der Waals surface area contributed by atoms with Crippen LogP contribution in [0.2, 0.25) is 0 Å². The summed E-state index contributed by atoms with van der Waals surface area (Å²) in [5.41, 5.74) is 8.61. The van der Waals surface area contributed by atoms with Crippen LogP contribution in [-0.2, 0) is 26.1 Å². The predicted molar refractivity (Wildman–Crippen MR) is 109 cm³/mol. The molecule has 26 heavy (non-hydrogen) atoms. The number of anilines is 1. The summed E-state index contributed by atoms with van der Waals surface area (Å²) in [6.45, 7) is 0.473. The van der Waals surface area contributed by atoms with E-state index in [2.05, 4.69) is 5.32 Å². The first kappa shape index (κ1) is 22.3. The SMILES string of the molecule is COCCS(=O)Cc1cccc(NC(=O)CC(N)c2ccccc2)c1.Cl. The van der Waals surface area contributed by atoms with Gasteiger partial charge in [-0.05, 0) is 23.3 Å². The molecule has 0 heterocycles. The topological polar surface area (TPSA) is 81.4 Å². The molecular formula is C19H25ClN2O3S. The molecule has 0 aliphatic rings. The molecule has 0 aliphatic heterocycles. The highest BCUT2D eigenvalue weighted by molar-refractivity contribution is 7.84. The van der Waals surface area contributed by atoms with E-state index in [0.29, 0.717) is 23.8 Å². The maximum atomic E-state index is 12.2. The third-order valence-corrected chi connectivity index (χ3v) is 4.96. The van der Waals surface area contributed by atoms with Gasteiger partial charge in [0.1, 0.15) is 0 Å². The summed E-state index contributed by atoms with van der Waals surface area (Å²) < 4.78 is 16.9. The number of hydrogen-bond acceptors (Lipinski definition) is 4. The fourth-order valence-electron chi connectivity index (χ4n) is 2.40. The molecule has 2 unspecified atom stereocenters. The van der Waals surface area contributed by atoms with Crippen LogP contribution in [0.15, 0.2) is 54.6 Å². The van der Waals surface area contributed by atoms with Crippen LogP contribution in [0.25, 0.3) is 0 Å². The first-order valence-corrected chi connectivity index (χ1v) is 9.60. The number of benzene rings is 2. The van der Waals surface area contributed by atoms with Crippen molar-refractivity contribution in [3.63, 3.8) is 0 Å². The number of carbonyl (C=O) groups is 1. The number of hydrogen-bond donors (Lipinski definition) is 2. The molecule has 0 aliphatic carbocycles. The quantitative estimate of drug-likeness (QED) is 0.682. The maximum Gasteiger partial charge on any atom is 0.226 e. The number of ether oxygens (including phenoxy) is 1. The van der Waals surface area contributed by atoms with Gasteiger partial charge in [0.15, 0.2) is 0 Å². The van der Waals surface area contributed by atoms with Crippen molar-refractivity contribution in [2.24, 2.45) is 5.73 Å². The highest BCUT2D eigenvalue weighted by Gasteiger charge is 2.12. The van der Waals surface area contributed by atoms with Crippen molar-refractivity contribution in [3.8, 4) is 0 Å². The third kappa shape index (κ3) is 7.66. The Bertz CT molecular complexity index is 713. The van der Waals surface area contributed by atoms with Crippen molar-refractivity contribution >= 4 is 34.8 Å². The van der Waals surface area contributed by atoms with Gasteiger partial charge in [-0.25, -0.2) is 0 Å². The largest absolute Gasteiger partial charge is 0.384 e. The molecule has 0 saturated heterocycles. The summed E-state index contributed by atoms with van der Waals surface area (Å²) in [7, 11) is 0.607. The van der Waals surface area contributed by atoms with Gasteiger partial charge in [0.25, 0.3) is 0 Å². The Morgan fingerprint density at radius 2 is 1.92 bits per heavy atom. The van der Waals surface area contributed by atoms with Crippen molar-refractivity contribution in [2.45, 2.75) is 18.2 Å². The molecule has 2 atom stereocenters. The molecule has 5 nitrogen and oxygen atoms in total. The van der Waals surface area contributed by atoms with Crippen LogP contribution in [0.1, 0.15) is 23.6 Å². The fourth-order valence-corrected chi connectivity index (χ4v) is 3.45. The number of nitrogens with one attached hydrogen (secondary N) is 1. The van der Waals surface area contributed by atoms with Crippen molar-refractivity contribution < 1.29 is 13.7 Å². The van der Waals surface area contributed by atoms with E-state index in [1.54, 1.807) is 7.11 Å². The second-order valence-electron chi connectivity index (χ2n) is 5.75. The average Bonchev–Trinajstić information content (AvgIpc) is 2.61. The molecule has 2 aromatic carbocycles. The van der Waals surface area contributed by atoms with Gasteiger partial charge in [-0.2, -0.15) is 0 Å². The lowest BCUT2D eigenvalue weighted by atomic mass is 10.0. The van der Waals surface area contributed by atoms with Gasteiger partial charge < -0.3 is 15.8 Å². The molecule has 2 rings (SSSR count). The summed E-state index contributed by atoms with van der Waals surface area (Å²) in [5, 5.41) is 2.86. The van der Waals surface area contributed by atoms with Crippen LogP contribution in [0, 0.1) is 0 Å². The minimum atomic E-state index is -0.984. The van der Waals surface area contributed by atoms with Crippen LogP contribution in [-0.4, -0.2) is 29.6 Å². The number of methoxy groups -OCH3 is 1. The van der Waals surface area contributed by atoms with Crippen molar-refractivity contribution in [1.29, 1.82) is 0 Å². The lowest BCUT2D eigenvalue weighted by Crippen LogP contribution is -2.20. The molecule has 142 valence electrons. The number of carbonyl (C=O) groups excluding carboxylic acids is 1. The van der Waals surface area contributed by atoms with Crippen molar-refractivity contribution in [2.75, 3.05) is 24.8 Å². The van der Waals surface area contributed by atoms with E-state index in [0.717, 1.165) is 11.1 Å². The van der Waals surface area contributed by atoms with Crippen LogP contribution >= 0.6 is 12.4 Å². The molecule has 3 N–H and O–H groups in total. The summed E-state index contributed by atoms with van der Waals surface area (Å²) in [6, 6.07) is 16.6. The van der Waals surface area contributed by atoms with E-state index in [9.17, 15) is 9.00 Å². The highest BCUT2D eigenvalue weighted by atomic mass is 35.5. The first-order valence-electron chi connectivity index (χ1n) is 8.11. The molecule has 0 bridgehead atoms. The van der Waals surface area contributed by atoms with Crippen LogP contribution in [0.4, 0.5) is 5.69 Å². The second-order valence-corrected chi connectivity index (χ2v) is 7.33. The van der Waals surface area contributed by atoms with E-state index in [1.807, 2.05) is 54.6 Å². The van der Waals surface area contributed by atoms with E-state index < -0.39 is 10.8 Å². The fraction of sp³-hybridized carbons (Fsp3) is 0.316. The lowest BCUT2D eigenvalue weighted by Gasteiger charge is -2.12. The van der Waals surface area contributed by atoms with Crippen LogP contribution in [0.5, 0.6) is 0 Å². The van der Waals surface area contributed by atoms with Gasteiger partial charge >= 0.3 is 0 Å². The summed E-state index contributed by atoms with van der Waals surface area (Å²) in [6.07, 6.45) is 0.202. The first-order chi connectivity index (χ1) is 12.1. The molecule has 7 heteroatoms. The molecule has 1 amide bonds. The Hall–Kier alpha value is -1.73. The van der Waals surface area contributed by atoms with Crippen molar-refractivity contribution in [1.82, 2.24) is 0 Å². The maximum absolute atomic E-state index is 12.2. The van der Waals surface area contributed by atoms with Crippen molar-refractivity contribution in [3.05, 3.63) is 65.7 Å². The van der Waals surface area contributed by atoms with E-state index >= 15 is 0 Å². The van der Waals surface area contributed by atoms with Gasteiger partial charge in [-0.15, -0.1) is 12.4 Å². The lowest BCUT2D eigenvalue weighted by molar-refractivity contribution is -0.116. The molecular weight excluding hydrogens is 372 g/mol.